The highest BCUT2D eigenvalue weighted by molar-refractivity contribution is 9.09. The lowest BCUT2D eigenvalue weighted by atomic mass is 9.78. The Morgan fingerprint density at radius 1 is 1.40 bits per heavy atom. The average molecular weight is 350 g/mol. The molecule has 0 saturated heterocycles. The van der Waals surface area contributed by atoms with Gasteiger partial charge in [-0.05, 0) is 24.5 Å². The lowest BCUT2D eigenvalue weighted by Gasteiger charge is -2.34. The van der Waals surface area contributed by atoms with Crippen LogP contribution >= 0.6 is 15.9 Å². The first-order valence-corrected chi connectivity index (χ1v) is 7.00. The van der Waals surface area contributed by atoms with Crippen molar-refractivity contribution in [2.24, 2.45) is 11.7 Å². The number of halogens is 4. The molecule has 0 spiro atoms. The third-order valence-electron chi connectivity index (χ3n) is 3.57. The minimum atomic E-state index is -4.48. The van der Waals surface area contributed by atoms with E-state index in [9.17, 15) is 13.2 Å². The molecule has 1 aliphatic carbocycles. The van der Waals surface area contributed by atoms with Gasteiger partial charge in [-0.1, -0.05) is 41.1 Å². The molecule has 20 heavy (non-hydrogen) atoms. The lowest BCUT2D eigenvalue weighted by Crippen LogP contribution is -2.40. The van der Waals surface area contributed by atoms with Crippen molar-refractivity contribution in [1.82, 2.24) is 10.2 Å². The van der Waals surface area contributed by atoms with Gasteiger partial charge in [0, 0.05) is 4.83 Å². The summed E-state index contributed by atoms with van der Waals surface area (Å²) in [5, 5.41) is 5.72. The van der Waals surface area contributed by atoms with Gasteiger partial charge in [0.2, 0.25) is 0 Å². The van der Waals surface area contributed by atoms with Crippen molar-refractivity contribution >= 4 is 15.9 Å². The normalized spacial score (nSPS) is 26.2. The number of alkyl halides is 4. The van der Waals surface area contributed by atoms with Gasteiger partial charge < -0.3 is 5.73 Å². The monoisotopic (exact) mass is 349 g/mol. The third kappa shape index (κ3) is 2.69. The Balaban J connectivity index is 2.38. The van der Waals surface area contributed by atoms with Gasteiger partial charge in [0.05, 0.1) is 11.2 Å². The molecule has 110 valence electrons. The van der Waals surface area contributed by atoms with Crippen molar-refractivity contribution in [3.63, 3.8) is 0 Å². The van der Waals surface area contributed by atoms with Crippen LogP contribution in [-0.2, 0) is 11.7 Å². The van der Waals surface area contributed by atoms with E-state index in [-0.39, 0.29) is 16.4 Å². The van der Waals surface area contributed by atoms with Crippen molar-refractivity contribution in [3.05, 3.63) is 41.3 Å². The lowest BCUT2D eigenvalue weighted by molar-refractivity contribution is -0.141. The highest BCUT2D eigenvalue weighted by Crippen LogP contribution is 2.38. The fraction of sp³-hybridized carbons (Fsp3) is 0.462. The Hall–Kier alpha value is -1.08. The van der Waals surface area contributed by atoms with Crippen molar-refractivity contribution < 1.29 is 13.2 Å². The third-order valence-corrected chi connectivity index (χ3v) is 4.66. The van der Waals surface area contributed by atoms with Crippen LogP contribution in [0.15, 0.2) is 29.9 Å². The Labute approximate surface area is 123 Å². The van der Waals surface area contributed by atoms with Crippen LogP contribution in [0.25, 0.3) is 0 Å². The Morgan fingerprint density at radius 3 is 2.60 bits per heavy atom. The van der Waals surface area contributed by atoms with E-state index in [2.05, 4.69) is 26.1 Å². The van der Waals surface area contributed by atoms with E-state index in [1.165, 1.54) is 0 Å². The molecule has 0 aromatic carbocycles. The number of nitrogens with zero attached hydrogens (tertiary/aromatic N) is 1. The zero-order valence-corrected chi connectivity index (χ0v) is 12.6. The van der Waals surface area contributed by atoms with Crippen LogP contribution < -0.4 is 5.73 Å². The first-order valence-electron chi connectivity index (χ1n) is 6.09. The second kappa shape index (κ2) is 5.04. The first kappa shape index (κ1) is 15.3. The fourth-order valence-electron chi connectivity index (χ4n) is 2.29. The van der Waals surface area contributed by atoms with Crippen LogP contribution in [0.3, 0.4) is 0 Å². The summed E-state index contributed by atoms with van der Waals surface area (Å²) in [6.45, 7) is 3.66. The summed E-state index contributed by atoms with van der Waals surface area (Å²) < 4.78 is 37.8. The van der Waals surface area contributed by atoms with Gasteiger partial charge in [0.1, 0.15) is 0 Å². The van der Waals surface area contributed by atoms with E-state index in [4.69, 9.17) is 5.73 Å². The summed E-state index contributed by atoms with van der Waals surface area (Å²) in [5.74, 6) is 0.0765. The smallest absolute Gasteiger partial charge is 0.317 e. The highest BCUT2D eigenvalue weighted by Gasteiger charge is 2.39. The first-order chi connectivity index (χ1) is 9.14. The molecule has 0 amide bonds. The van der Waals surface area contributed by atoms with Crippen LogP contribution in [-0.4, -0.2) is 15.0 Å². The van der Waals surface area contributed by atoms with Crippen LogP contribution in [0.4, 0.5) is 13.2 Å². The van der Waals surface area contributed by atoms with Gasteiger partial charge in [-0.15, -0.1) is 0 Å². The summed E-state index contributed by atoms with van der Waals surface area (Å²) in [7, 11) is 0. The molecule has 0 fully saturated rings. The molecule has 3 N–H and O–H groups in total. The second-order valence-corrected chi connectivity index (χ2v) is 6.16. The number of H-pyrrole nitrogens is 1. The molecule has 0 bridgehead atoms. The Morgan fingerprint density at radius 2 is 2.05 bits per heavy atom. The molecule has 1 aromatic rings. The van der Waals surface area contributed by atoms with Crippen LogP contribution in [0.2, 0.25) is 0 Å². The van der Waals surface area contributed by atoms with Crippen LogP contribution in [0.5, 0.6) is 0 Å². The maximum absolute atomic E-state index is 12.6. The number of nitrogens with two attached hydrogens (primary N) is 1. The number of aromatic amines is 1. The highest BCUT2D eigenvalue weighted by atomic mass is 79.9. The van der Waals surface area contributed by atoms with E-state index in [0.717, 1.165) is 11.6 Å². The topological polar surface area (TPSA) is 54.7 Å². The zero-order valence-electron chi connectivity index (χ0n) is 11.0. The van der Waals surface area contributed by atoms with Gasteiger partial charge in [0.15, 0.2) is 5.69 Å². The fourth-order valence-corrected chi connectivity index (χ4v) is 2.75. The molecule has 7 heteroatoms. The second-order valence-electron chi connectivity index (χ2n) is 5.11. The standard InChI is InChI=1S/C13H15BrF3N3/c1-7-8(4-3-5-9(7)14)12(2,18)10-6-11(20-19-10)13(15,16)17/h3-7,9H,18H2,1-2H3,(H,19,20). The number of hydrogen-bond donors (Lipinski definition) is 2. The molecule has 1 aliphatic rings. The molecular formula is C13H15BrF3N3. The molecule has 2 rings (SSSR count). The van der Waals surface area contributed by atoms with Crippen LogP contribution in [0, 0.1) is 5.92 Å². The molecular weight excluding hydrogens is 335 g/mol. The van der Waals surface area contributed by atoms with E-state index in [0.29, 0.717) is 0 Å². The van der Waals surface area contributed by atoms with Gasteiger partial charge in [-0.3, -0.25) is 5.10 Å². The van der Waals surface area contributed by atoms with Gasteiger partial charge in [-0.25, -0.2) is 0 Å². The van der Waals surface area contributed by atoms with Crippen molar-refractivity contribution in [3.8, 4) is 0 Å². The van der Waals surface area contributed by atoms with Gasteiger partial charge in [0.25, 0.3) is 0 Å². The molecule has 0 saturated carbocycles. The summed E-state index contributed by atoms with van der Waals surface area (Å²) >= 11 is 3.51. The molecule has 1 aromatic heterocycles. The van der Waals surface area contributed by atoms with E-state index in [1.54, 1.807) is 6.92 Å². The Kier molecular flexibility index (Phi) is 3.85. The minimum absolute atomic E-state index is 0.0765. The quantitative estimate of drug-likeness (QED) is 0.803. The molecule has 0 aliphatic heterocycles. The largest absolute Gasteiger partial charge is 0.435 e. The van der Waals surface area contributed by atoms with Gasteiger partial charge in [-0.2, -0.15) is 18.3 Å². The van der Waals surface area contributed by atoms with Crippen molar-refractivity contribution in [2.75, 3.05) is 0 Å². The van der Waals surface area contributed by atoms with E-state index < -0.39 is 17.4 Å². The summed E-state index contributed by atoms with van der Waals surface area (Å²) in [5.41, 5.74) is 5.36. The maximum Gasteiger partial charge on any atom is 0.435 e. The minimum Gasteiger partial charge on any atom is -0.317 e. The molecule has 3 nitrogen and oxygen atoms in total. The predicted molar refractivity (Wildman–Crippen MR) is 74.2 cm³/mol. The Bertz CT molecular complexity index is 557. The zero-order chi connectivity index (χ0) is 15.1. The SMILES string of the molecule is CC1C(C(C)(N)c2cc(C(F)(F)F)n[nH]2)=CC=CC1Br. The summed E-state index contributed by atoms with van der Waals surface area (Å²) in [6, 6.07) is 0.967. The number of nitrogens with one attached hydrogen (secondary N) is 1. The van der Waals surface area contributed by atoms with Gasteiger partial charge >= 0.3 is 6.18 Å². The maximum atomic E-state index is 12.6. The van der Waals surface area contributed by atoms with E-state index >= 15 is 0 Å². The number of rotatable bonds is 2. The van der Waals surface area contributed by atoms with Crippen molar-refractivity contribution in [2.45, 2.75) is 30.4 Å². The summed E-state index contributed by atoms with van der Waals surface area (Å²) in [6.07, 6.45) is 1.19. The van der Waals surface area contributed by atoms with E-state index in [1.807, 2.05) is 25.2 Å². The number of hydrogen-bond acceptors (Lipinski definition) is 2. The molecule has 3 unspecified atom stereocenters. The summed E-state index contributed by atoms with van der Waals surface area (Å²) in [4.78, 5) is 0.107. The average Bonchev–Trinajstić information content (AvgIpc) is 2.82. The van der Waals surface area contributed by atoms with Crippen molar-refractivity contribution in [1.29, 1.82) is 0 Å². The number of allylic oxidation sites excluding steroid dienone is 3. The van der Waals surface area contributed by atoms with Crippen LogP contribution in [0.1, 0.15) is 25.2 Å². The number of aromatic nitrogens is 2. The molecule has 3 atom stereocenters. The predicted octanol–water partition coefficient (Wildman–Crippen LogP) is 3.50. The molecule has 0 radical (unpaired) electrons. The molecule has 1 heterocycles.